The third-order valence-electron chi connectivity index (χ3n) is 4.34. The number of hydrogen-bond donors (Lipinski definition) is 0. The highest BCUT2D eigenvalue weighted by molar-refractivity contribution is 7.55. The third kappa shape index (κ3) is 4.78. The fourth-order valence-corrected chi connectivity index (χ4v) is 5.47. The van der Waals surface area contributed by atoms with E-state index in [1.165, 1.54) is 0 Å². The number of benzene rings is 1. The van der Waals surface area contributed by atoms with Crippen molar-refractivity contribution in [3.8, 4) is 11.5 Å². The smallest absolute Gasteiger partial charge is 0.413 e. The molecule has 1 aromatic carbocycles. The molecular weight excluding hydrogens is 382 g/mol. The van der Waals surface area contributed by atoms with Gasteiger partial charge in [0.2, 0.25) is 5.89 Å². The summed E-state index contributed by atoms with van der Waals surface area (Å²) in [6.45, 7) is 3.66. The van der Waals surface area contributed by atoms with E-state index in [2.05, 4.69) is 14.6 Å². The molecule has 0 aliphatic carbocycles. The molecule has 2 aromatic rings. The van der Waals surface area contributed by atoms with E-state index in [4.69, 9.17) is 4.52 Å². The van der Waals surface area contributed by atoms with Crippen molar-refractivity contribution in [2.24, 2.45) is 0 Å². The second-order valence-electron chi connectivity index (χ2n) is 6.33. The largest absolute Gasteiger partial charge is 0.470 e. The van der Waals surface area contributed by atoms with Crippen LogP contribution in [0.2, 0.25) is 0 Å². The maximum Gasteiger partial charge on any atom is 0.470 e. The Hall–Kier alpha value is -1.70. The minimum atomic E-state index is -4.68. The Labute approximate surface area is 155 Å². The maximum atomic E-state index is 13.3. The van der Waals surface area contributed by atoms with Gasteiger partial charge in [0.15, 0.2) is 0 Å². The molecule has 1 atom stereocenters. The van der Waals surface area contributed by atoms with Crippen molar-refractivity contribution in [2.75, 3.05) is 19.7 Å². The lowest BCUT2D eigenvalue weighted by molar-refractivity contribution is -0.156. The second-order valence-corrected chi connectivity index (χ2v) is 8.75. The average Bonchev–Trinajstić information content (AvgIpc) is 3.14. The Bertz CT molecular complexity index is 802. The Morgan fingerprint density at radius 3 is 2.37 bits per heavy atom. The summed E-state index contributed by atoms with van der Waals surface area (Å²) < 4.78 is 63.3. The predicted octanol–water partition coefficient (Wildman–Crippen LogP) is 4.97. The fourth-order valence-electron chi connectivity index (χ4n) is 3.05. The van der Waals surface area contributed by atoms with Crippen LogP contribution in [0.15, 0.2) is 28.7 Å². The number of nitrogens with zero attached hydrogens (tertiary/aromatic N) is 3. The van der Waals surface area contributed by atoms with Crippen molar-refractivity contribution >= 4 is 7.52 Å². The number of alkyl halides is 3. The van der Waals surface area contributed by atoms with Gasteiger partial charge in [0.25, 0.3) is 7.52 Å². The zero-order valence-corrected chi connectivity index (χ0v) is 15.8. The van der Waals surface area contributed by atoms with E-state index in [-0.39, 0.29) is 12.1 Å². The summed E-state index contributed by atoms with van der Waals surface area (Å²) in [7, 11) is -2.99. The van der Waals surface area contributed by atoms with Gasteiger partial charge in [0.1, 0.15) is 0 Å². The SMILES string of the molecule is CCOP(=O)(Cc1ccc(-c2nnc(C(F)(F)F)o2)cc1)N1CCCCC1. The number of aromatic nitrogens is 2. The first-order valence-electron chi connectivity index (χ1n) is 8.81. The molecule has 1 aliphatic rings. The number of rotatable bonds is 6. The van der Waals surface area contributed by atoms with Gasteiger partial charge in [0.05, 0.1) is 12.8 Å². The van der Waals surface area contributed by atoms with E-state index in [1.54, 1.807) is 24.3 Å². The summed E-state index contributed by atoms with van der Waals surface area (Å²) in [4.78, 5) is 0. The number of piperidine rings is 1. The molecule has 1 fully saturated rings. The normalized spacial score (nSPS) is 18.4. The van der Waals surface area contributed by atoms with Gasteiger partial charge in [0, 0.05) is 18.7 Å². The highest BCUT2D eigenvalue weighted by atomic mass is 31.2. The Morgan fingerprint density at radius 2 is 1.81 bits per heavy atom. The molecule has 27 heavy (non-hydrogen) atoms. The van der Waals surface area contributed by atoms with E-state index in [0.717, 1.165) is 37.9 Å². The summed E-state index contributed by atoms with van der Waals surface area (Å²) in [5, 5.41) is 6.45. The van der Waals surface area contributed by atoms with Crippen LogP contribution in [-0.4, -0.2) is 34.6 Å². The van der Waals surface area contributed by atoms with Crippen LogP contribution in [0.3, 0.4) is 0 Å². The van der Waals surface area contributed by atoms with E-state index >= 15 is 0 Å². The molecule has 0 N–H and O–H groups in total. The predicted molar refractivity (Wildman–Crippen MR) is 93.1 cm³/mol. The summed E-state index contributed by atoms with van der Waals surface area (Å²) in [6, 6.07) is 6.55. The molecule has 3 rings (SSSR count). The molecule has 0 radical (unpaired) electrons. The zero-order chi connectivity index (χ0) is 19.5. The van der Waals surface area contributed by atoms with Gasteiger partial charge in [-0.3, -0.25) is 4.57 Å². The summed E-state index contributed by atoms with van der Waals surface area (Å²) in [5.74, 6) is -1.59. The lowest BCUT2D eigenvalue weighted by atomic mass is 10.1. The lowest BCUT2D eigenvalue weighted by Crippen LogP contribution is -2.28. The van der Waals surface area contributed by atoms with Gasteiger partial charge in [-0.2, -0.15) is 13.2 Å². The van der Waals surface area contributed by atoms with Crippen molar-refractivity contribution in [3.05, 3.63) is 35.7 Å². The summed E-state index contributed by atoms with van der Waals surface area (Å²) in [5.41, 5.74) is 1.14. The summed E-state index contributed by atoms with van der Waals surface area (Å²) in [6.07, 6.45) is -1.31. The second kappa shape index (κ2) is 8.12. The molecule has 0 bridgehead atoms. The molecule has 1 aliphatic heterocycles. The maximum absolute atomic E-state index is 13.3. The van der Waals surface area contributed by atoms with Crippen molar-refractivity contribution in [3.63, 3.8) is 0 Å². The Balaban J connectivity index is 1.76. The number of halogens is 3. The highest BCUT2D eigenvalue weighted by Crippen LogP contribution is 2.54. The van der Waals surface area contributed by atoms with Crippen LogP contribution >= 0.6 is 7.52 Å². The van der Waals surface area contributed by atoms with E-state index < -0.39 is 19.6 Å². The van der Waals surface area contributed by atoms with E-state index in [1.807, 2.05) is 11.6 Å². The topological polar surface area (TPSA) is 68.5 Å². The van der Waals surface area contributed by atoms with Crippen molar-refractivity contribution in [2.45, 2.75) is 38.5 Å². The fraction of sp³-hybridized carbons (Fsp3) is 0.529. The van der Waals surface area contributed by atoms with Crippen molar-refractivity contribution in [1.82, 2.24) is 14.9 Å². The minimum Gasteiger partial charge on any atom is -0.413 e. The Morgan fingerprint density at radius 1 is 1.15 bits per heavy atom. The van der Waals surface area contributed by atoms with Crippen LogP contribution in [0, 0.1) is 0 Å². The van der Waals surface area contributed by atoms with Crippen LogP contribution in [0.4, 0.5) is 13.2 Å². The van der Waals surface area contributed by atoms with Crippen molar-refractivity contribution in [1.29, 1.82) is 0 Å². The van der Waals surface area contributed by atoms with Gasteiger partial charge in [-0.1, -0.05) is 18.6 Å². The first-order chi connectivity index (χ1) is 12.8. The van der Waals surface area contributed by atoms with Gasteiger partial charge in [-0.05, 0) is 37.5 Å². The monoisotopic (exact) mass is 403 g/mol. The van der Waals surface area contributed by atoms with Crippen LogP contribution in [0.5, 0.6) is 0 Å². The molecule has 1 saturated heterocycles. The molecule has 6 nitrogen and oxygen atoms in total. The van der Waals surface area contributed by atoms with E-state index in [0.29, 0.717) is 12.2 Å². The first kappa shape index (κ1) is 20.0. The molecular formula is C17H21F3N3O3P. The Kier molecular flexibility index (Phi) is 6.03. The van der Waals surface area contributed by atoms with Crippen molar-refractivity contribution < 1.29 is 26.7 Å². The molecule has 1 aromatic heterocycles. The first-order valence-corrected chi connectivity index (χ1v) is 10.6. The summed E-state index contributed by atoms with van der Waals surface area (Å²) >= 11 is 0. The molecule has 0 amide bonds. The van der Waals surface area contributed by atoms with Gasteiger partial charge < -0.3 is 8.94 Å². The van der Waals surface area contributed by atoms with Gasteiger partial charge >= 0.3 is 12.1 Å². The van der Waals surface area contributed by atoms with Gasteiger partial charge in [-0.15, -0.1) is 10.2 Å². The van der Waals surface area contributed by atoms with Gasteiger partial charge in [-0.25, -0.2) is 4.67 Å². The van der Waals surface area contributed by atoms with Crippen LogP contribution < -0.4 is 0 Å². The molecule has 10 heteroatoms. The molecule has 0 saturated carbocycles. The lowest BCUT2D eigenvalue weighted by Gasteiger charge is -2.33. The van der Waals surface area contributed by atoms with Crippen LogP contribution in [0.1, 0.15) is 37.6 Å². The zero-order valence-electron chi connectivity index (χ0n) is 14.9. The number of hydrogen-bond acceptors (Lipinski definition) is 5. The van der Waals surface area contributed by atoms with E-state index in [9.17, 15) is 17.7 Å². The minimum absolute atomic E-state index is 0.210. The quantitative estimate of drug-likeness (QED) is 0.635. The third-order valence-corrected chi connectivity index (χ3v) is 7.03. The average molecular weight is 403 g/mol. The standard InChI is InChI=1S/C17H21F3N3O3P/c1-2-25-27(24,23-10-4-3-5-11-23)12-13-6-8-14(9-7-13)15-21-22-16(26-15)17(18,19)20/h6-9H,2-5,10-12H2,1H3. The highest BCUT2D eigenvalue weighted by Gasteiger charge is 2.38. The molecule has 1 unspecified atom stereocenters. The molecule has 2 heterocycles. The van der Waals surface area contributed by atoms with Crippen LogP contribution in [0.25, 0.3) is 11.5 Å². The molecule has 0 spiro atoms. The molecule has 148 valence electrons. The van der Waals surface area contributed by atoms with Crippen LogP contribution in [-0.2, 0) is 21.4 Å².